The summed E-state index contributed by atoms with van der Waals surface area (Å²) in [6.45, 7) is 0. The number of methoxy groups -OCH3 is 2. The smallest absolute Gasteiger partial charge is 0.337 e. The second-order valence-electron chi connectivity index (χ2n) is 4.02. The molecule has 0 saturated carbocycles. The second-order valence-corrected chi connectivity index (χ2v) is 5.14. The Morgan fingerprint density at radius 2 is 1.80 bits per heavy atom. The third kappa shape index (κ3) is 3.24. The van der Waals surface area contributed by atoms with Crippen LogP contribution in [0.15, 0.2) is 52.3 Å². The summed E-state index contributed by atoms with van der Waals surface area (Å²) < 4.78 is 9.77. The number of esters is 1. The molecule has 0 aromatic heterocycles. The van der Waals surface area contributed by atoms with E-state index in [0.29, 0.717) is 11.3 Å². The zero-order valence-corrected chi connectivity index (χ0v) is 12.1. The summed E-state index contributed by atoms with van der Waals surface area (Å²) in [5.41, 5.74) is 6.96. The van der Waals surface area contributed by atoms with Crippen molar-refractivity contribution >= 4 is 23.4 Å². The number of nitrogens with two attached hydrogens (primary N) is 1. The minimum absolute atomic E-state index is 0.391. The fourth-order valence-electron chi connectivity index (χ4n) is 1.66. The van der Waals surface area contributed by atoms with E-state index in [-0.39, 0.29) is 0 Å². The average Bonchev–Trinajstić information content (AvgIpc) is 2.49. The fraction of sp³-hybridized carbons (Fsp3) is 0.133. The molecule has 0 radical (unpaired) electrons. The Morgan fingerprint density at radius 3 is 2.35 bits per heavy atom. The van der Waals surface area contributed by atoms with Gasteiger partial charge in [0.05, 0.1) is 19.8 Å². The molecule has 104 valence electrons. The summed E-state index contributed by atoms with van der Waals surface area (Å²) in [4.78, 5) is 13.3. The van der Waals surface area contributed by atoms with Crippen molar-refractivity contribution in [3.05, 3.63) is 48.0 Å². The molecular formula is C15H15NO3S. The van der Waals surface area contributed by atoms with Gasteiger partial charge in [-0.25, -0.2) is 4.79 Å². The standard InChI is InChI=1S/C15H15NO3S/c1-18-11-4-6-12(7-5-11)20-14-8-3-10(9-13(14)16)15(17)19-2/h3-9H,16H2,1-2H3. The molecule has 2 aromatic rings. The summed E-state index contributed by atoms with van der Waals surface area (Å²) in [6.07, 6.45) is 0. The molecule has 2 aromatic carbocycles. The number of benzene rings is 2. The Balaban J connectivity index is 2.18. The van der Waals surface area contributed by atoms with Crippen molar-refractivity contribution in [3.63, 3.8) is 0 Å². The first-order valence-electron chi connectivity index (χ1n) is 5.94. The summed E-state index contributed by atoms with van der Waals surface area (Å²) in [5, 5.41) is 0. The lowest BCUT2D eigenvalue weighted by atomic mass is 10.2. The minimum atomic E-state index is -0.391. The van der Waals surface area contributed by atoms with Crippen LogP contribution in [0.4, 0.5) is 5.69 Å². The maximum absolute atomic E-state index is 11.4. The first-order valence-corrected chi connectivity index (χ1v) is 6.75. The van der Waals surface area contributed by atoms with Crippen LogP contribution in [0.2, 0.25) is 0 Å². The molecule has 0 fully saturated rings. The van der Waals surface area contributed by atoms with Crippen LogP contribution in [0.1, 0.15) is 10.4 Å². The third-order valence-electron chi connectivity index (χ3n) is 2.72. The van der Waals surface area contributed by atoms with Crippen molar-refractivity contribution in [3.8, 4) is 5.75 Å². The van der Waals surface area contributed by atoms with Gasteiger partial charge in [0.2, 0.25) is 0 Å². The molecule has 4 nitrogen and oxygen atoms in total. The zero-order chi connectivity index (χ0) is 14.5. The Bertz CT molecular complexity index is 611. The van der Waals surface area contributed by atoms with E-state index in [1.165, 1.54) is 18.9 Å². The molecule has 2 rings (SSSR count). The first-order chi connectivity index (χ1) is 9.63. The number of hydrogen-bond donors (Lipinski definition) is 1. The Labute approximate surface area is 121 Å². The normalized spacial score (nSPS) is 10.1. The van der Waals surface area contributed by atoms with E-state index in [4.69, 9.17) is 10.5 Å². The molecule has 0 unspecified atom stereocenters. The van der Waals surface area contributed by atoms with Crippen LogP contribution >= 0.6 is 11.8 Å². The van der Waals surface area contributed by atoms with Crippen LogP contribution in [0.3, 0.4) is 0 Å². The average molecular weight is 289 g/mol. The number of nitrogen functional groups attached to an aromatic ring is 1. The largest absolute Gasteiger partial charge is 0.497 e. The SMILES string of the molecule is COC(=O)c1ccc(Sc2ccc(OC)cc2)c(N)c1. The number of carbonyl (C=O) groups excluding carboxylic acids is 1. The monoisotopic (exact) mass is 289 g/mol. The molecule has 0 atom stereocenters. The van der Waals surface area contributed by atoms with Gasteiger partial charge in [0.15, 0.2) is 0 Å². The van der Waals surface area contributed by atoms with E-state index in [1.54, 1.807) is 19.2 Å². The van der Waals surface area contributed by atoms with Gasteiger partial charge in [0.25, 0.3) is 0 Å². The highest BCUT2D eigenvalue weighted by Gasteiger charge is 2.09. The van der Waals surface area contributed by atoms with Crippen molar-refractivity contribution in [1.29, 1.82) is 0 Å². The first kappa shape index (κ1) is 14.3. The Hall–Kier alpha value is -2.14. The van der Waals surface area contributed by atoms with Gasteiger partial charge in [0, 0.05) is 15.5 Å². The van der Waals surface area contributed by atoms with Gasteiger partial charge in [-0.05, 0) is 42.5 Å². The fourth-order valence-corrected chi connectivity index (χ4v) is 2.50. The van der Waals surface area contributed by atoms with Crippen molar-refractivity contribution in [2.75, 3.05) is 20.0 Å². The molecular weight excluding hydrogens is 274 g/mol. The van der Waals surface area contributed by atoms with Crippen molar-refractivity contribution in [1.82, 2.24) is 0 Å². The molecule has 0 spiro atoms. The van der Waals surface area contributed by atoms with Gasteiger partial charge < -0.3 is 15.2 Å². The van der Waals surface area contributed by atoms with Crippen LogP contribution in [0.25, 0.3) is 0 Å². The number of carbonyl (C=O) groups is 1. The summed E-state index contributed by atoms with van der Waals surface area (Å²) in [6, 6.07) is 12.8. The Morgan fingerprint density at radius 1 is 1.10 bits per heavy atom. The van der Waals surface area contributed by atoms with Gasteiger partial charge in [-0.3, -0.25) is 0 Å². The van der Waals surface area contributed by atoms with Crippen molar-refractivity contribution < 1.29 is 14.3 Å². The molecule has 2 N–H and O–H groups in total. The van der Waals surface area contributed by atoms with Crippen LogP contribution in [-0.4, -0.2) is 20.2 Å². The predicted octanol–water partition coefficient (Wildman–Crippen LogP) is 3.22. The van der Waals surface area contributed by atoms with Gasteiger partial charge in [-0.1, -0.05) is 11.8 Å². The predicted molar refractivity (Wildman–Crippen MR) is 79.3 cm³/mol. The number of rotatable bonds is 4. The molecule has 0 saturated heterocycles. The quantitative estimate of drug-likeness (QED) is 0.691. The van der Waals surface area contributed by atoms with Gasteiger partial charge in [0.1, 0.15) is 5.75 Å². The maximum atomic E-state index is 11.4. The van der Waals surface area contributed by atoms with Crippen LogP contribution < -0.4 is 10.5 Å². The third-order valence-corrected chi connectivity index (χ3v) is 3.82. The highest BCUT2D eigenvalue weighted by molar-refractivity contribution is 7.99. The number of anilines is 1. The van der Waals surface area contributed by atoms with Gasteiger partial charge >= 0.3 is 5.97 Å². The molecule has 0 amide bonds. The van der Waals surface area contributed by atoms with Crippen molar-refractivity contribution in [2.45, 2.75) is 9.79 Å². The lowest BCUT2D eigenvalue weighted by molar-refractivity contribution is 0.0600. The van der Waals surface area contributed by atoms with Crippen molar-refractivity contribution in [2.24, 2.45) is 0 Å². The topological polar surface area (TPSA) is 61.5 Å². The highest BCUT2D eigenvalue weighted by Crippen LogP contribution is 2.33. The van der Waals surface area contributed by atoms with E-state index in [1.807, 2.05) is 30.3 Å². The van der Waals surface area contributed by atoms with E-state index in [9.17, 15) is 4.79 Å². The molecule has 5 heteroatoms. The van der Waals surface area contributed by atoms with Crippen LogP contribution in [-0.2, 0) is 4.74 Å². The molecule has 0 aliphatic heterocycles. The maximum Gasteiger partial charge on any atom is 0.337 e. The lowest BCUT2D eigenvalue weighted by Gasteiger charge is -2.08. The van der Waals surface area contributed by atoms with E-state index < -0.39 is 5.97 Å². The number of hydrogen-bond acceptors (Lipinski definition) is 5. The molecule has 0 bridgehead atoms. The highest BCUT2D eigenvalue weighted by atomic mass is 32.2. The minimum Gasteiger partial charge on any atom is -0.497 e. The summed E-state index contributed by atoms with van der Waals surface area (Å²) in [5.74, 6) is 0.418. The Kier molecular flexibility index (Phi) is 4.53. The van der Waals surface area contributed by atoms with Gasteiger partial charge in [-0.15, -0.1) is 0 Å². The molecule has 0 aliphatic carbocycles. The molecule has 0 heterocycles. The van der Waals surface area contributed by atoms with Crippen LogP contribution in [0.5, 0.6) is 5.75 Å². The molecule has 0 aliphatic rings. The van der Waals surface area contributed by atoms with Gasteiger partial charge in [-0.2, -0.15) is 0 Å². The lowest BCUT2D eigenvalue weighted by Crippen LogP contribution is -2.02. The second kappa shape index (κ2) is 6.34. The summed E-state index contributed by atoms with van der Waals surface area (Å²) in [7, 11) is 2.98. The zero-order valence-electron chi connectivity index (χ0n) is 11.3. The molecule has 20 heavy (non-hydrogen) atoms. The van der Waals surface area contributed by atoms with E-state index in [2.05, 4.69) is 4.74 Å². The summed E-state index contributed by atoms with van der Waals surface area (Å²) >= 11 is 1.53. The van der Waals surface area contributed by atoms with Crippen LogP contribution in [0, 0.1) is 0 Å². The van der Waals surface area contributed by atoms with E-state index >= 15 is 0 Å². The number of ether oxygens (including phenoxy) is 2. The van der Waals surface area contributed by atoms with E-state index in [0.717, 1.165) is 15.5 Å².